The quantitative estimate of drug-likeness (QED) is 0.421. The zero-order chi connectivity index (χ0) is 22.8. The third-order valence-electron chi connectivity index (χ3n) is 5.16. The molecule has 0 saturated heterocycles. The van der Waals surface area contributed by atoms with Gasteiger partial charge in [0.1, 0.15) is 17.3 Å². The lowest BCUT2D eigenvalue weighted by Crippen LogP contribution is -2.06. The fourth-order valence-electron chi connectivity index (χ4n) is 3.54. The van der Waals surface area contributed by atoms with Crippen molar-refractivity contribution in [1.82, 2.24) is 4.57 Å². The summed E-state index contributed by atoms with van der Waals surface area (Å²) in [5.74, 6) is -1.27. The van der Waals surface area contributed by atoms with Crippen LogP contribution in [-0.2, 0) is 0 Å². The number of ether oxygens (including phenoxy) is 2. The van der Waals surface area contributed by atoms with Gasteiger partial charge in [-0.3, -0.25) is 9.36 Å². The summed E-state index contributed by atoms with van der Waals surface area (Å²) in [5, 5.41) is 21.6. The molecule has 1 heterocycles. The molecule has 0 radical (unpaired) electrons. The number of carbonyl (C=O) groups is 1. The van der Waals surface area contributed by atoms with Gasteiger partial charge in [-0.1, -0.05) is 12.1 Å². The molecule has 2 N–H and O–H groups in total. The van der Waals surface area contributed by atoms with Crippen LogP contribution in [0.3, 0.4) is 0 Å². The van der Waals surface area contributed by atoms with Crippen molar-refractivity contribution in [2.24, 2.45) is 0 Å². The van der Waals surface area contributed by atoms with Gasteiger partial charge < -0.3 is 19.7 Å². The van der Waals surface area contributed by atoms with Crippen LogP contribution in [0, 0.1) is 5.82 Å². The first-order chi connectivity index (χ1) is 15.5. The normalized spacial score (nSPS) is 10.7. The van der Waals surface area contributed by atoms with Gasteiger partial charge >= 0.3 is 0 Å². The predicted octanol–water partition coefficient (Wildman–Crippen LogP) is 4.94. The molecule has 4 aromatic rings. The van der Waals surface area contributed by atoms with Crippen LogP contribution in [0.5, 0.6) is 23.1 Å². The lowest BCUT2D eigenvalue weighted by atomic mass is 9.98. The topological polar surface area (TPSA) is 80.9 Å². The molecule has 4 rings (SSSR count). The Morgan fingerprint density at radius 3 is 1.97 bits per heavy atom. The van der Waals surface area contributed by atoms with Crippen LogP contribution < -0.4 is 9.47 Å². The zero-order valence-corrected chi connectivity index (χ0v) is 17.4. The summed E-state index contributed by atoms with van der Waals surface area (Å²) in [5.41, 5.74) is 0.518. The molecule has 0 aliphatic rings. The van der Waals surface area contributed by atoms with E-state index in [4.69, 9.17) is 9.47 Å². The molecule has 0 amide bonds. The Kier molecular flexibility index (Phi) is 5.55. The average molecular weight is 433 g/mol. The van der Waals surface area contributed by atoms with Gasteiger partial charge in [0, 0.05) is 16.8 Å². The highest BCUT2D eigenvalue weighted by molar-refractivity contribution is 6.15. The number of aromatic hydroxyl groups is 2. The molecule has 7 heteroatoms. The number of hydrogen-bond acceptors (Lipinski definition) is 5. The number of ketones is 1. The minimum absolute atomic E-state index is 0.0316. The smallest absolute Gasteiger partial charge is 0.240 e. The summed E-state index contributed by atoms with van der Waals surface area (Å²) in [4.78, 5) is 13.4. The second kappa shape index (κ2) is 8.47. The van der Waals surface area contributed by atoms with E-state index in [0.717, 1.165) is 0 Å². The van der Waals surface area contributed by atoms with Crippen LogP contribution >= 0.6 is 0 Å². The fourth-order valence-corrected chi connectivity index (χ4v) is 3.54. The first kappa shape index (κ1) is 21.0. The first-order valence-corrected chi connectivity index (χ1v) is 9.71. The molecular formula is C25H20FNO5. The summed E-state index contributed by atoms with van der Waals surface area (Å²) in [6.07, 6.45) is 0. The number of hydrogen-bond donors (Lipinski definition) is 2. The van der Waals surface area contributed by atoms with Crippen LogP contribution in [0.4, 0.5) is 4.39 Å². The van der Waals surface area contributed by atoms with E-state index in [0.29, 0.717) is 17.2 Å². The number of benzene rings is 3. The Morgan fingerprint density at radius 1 is 0.844 bits per heavy atom. The number of rotatable bonds is 6. The molecule has 6 nitrogen and oxygen atoms in total. The highest BCUT2D eigenvalue weighted by Crippen LogP contribution is 2.44. The van der Waals surface area contributed by atoms with Gasteiger partial charge in [0.05, 0.1) is 25.5 Å². The monoisotopic (exact) mass is 433 g/mol. The van der Waals surface area contributed by atoms with Crippen LogP contribution in [0.15, 0.2) is 72.8 Å². The second-order valence-electron chi connectivity index (χ2n) is 6.97. The zero-order valence-electron chi connectivity index (χ0n) is 17.4. The molecule has 0 saturated carbocycles. The number of methoxy groups -OCH3 is 2. The van der Waals surface area contributed by atoms with Crippen molar-refractivity contribution in [1.29, 1.82) is 0 Å². The van der Waals surface area contributed by atoms with Crippen molar-refractivity contribution in [3.8, 4) is 40.1 Å². The number of nitrogens with zero attached hydrogens (tertiary/aromatic N) is 1. The van der Waals surface area contributed by atoms with Gasteiger partial charge in [-0.25, -0.2) is 4.39 Å². The number of halogens is 1. The van der Waals surface area contributed by atoms with Crippen molar-refractivity contribution < 1.29 is 28.9 Å². The van der Waals surface area contributed by atoms with Crippen LogP contribution in [-0.4, -0.2) is 34.8 Å². The maximum absolute atomic E-state index is 14.9. The van der Waals surface area contributed by atoms with Gasteiger partial charge in [-0.2, -0.15) is 0 Å². The minimum atomic E-state index is -0.639. The summed E-state index contributed by atoms with van der Waals surface area (Å²) in [7, 11) is 3.02. The summed E-state index contributed by atoms with van der Waals surface area (Å²) in [6, 6.07) is 18.7. The molecular weight excluding hydrogens is 413 g/mol. The van der Waals surface area contributed by atoms with Crippen molar-refractivity contribution >= 4 is 5.78 Å². The van der Waals surface area contributed by atoms with E-state index in [9.17, 15) is 19.4 Å². The highest BCUT2D eigenvalue weighted by atomic mass is 19.1. The largest absolute Gasteiger partial charge is 0.503 e. The third-order valence-corrected chi connectivity index (χ3v) is 5.16. The van der Waals surface area contributed by atoms with Crippen molar-refractivity contribution in [3.63, 3.8) is 0 Å². The van der Waals surface area contributed by atoms with E-state index >= 15 is 0 Å². The molecule has 1 aromatic heterocycles. The van der Waals surface area contributed by atoms with Gasteiger partial charge in [-0.15, -0.1) is 0 Å². The molecule has 0 aliphatic heterocycles. The Morgan fingerprint density at radius 2 is 1.41 bits per heavy atom. The average Bonchev–Trinajstić information content (AvgIpc) is 3.09. The molecule has 0 fully saturated rings. The lowest BCUT2D eigenvalue weighted by molar-refractivity contribution is 0.103. The number of carbonyl (C=O) groups excluding carboxylic acids is 1. The van der Waals surface area contributed by atoms with Crippen molar-refractivity contribution in [2.75, 3.05) is 14.2 Å². The molecule has 162 valence electrons. The van der Waals surface area contributed by atoms with E-state index in [-0.39, 0.29) is 22.4 Å². The van der Waals surface area contributed by atoms with E-state index < -0.39 is 23.2 Å². The van der Waals surface area contributed by atoms with E-state index in [2.05, 4.69) is 0 Å². The molecule has 0 unspecified atom stereocenters. The predicted molar refractivity (Wildman–Crippen MR) is 117 cm³/mol. The Hall–Kier alpha value is -4.26. The highest BCUT2D eigenvalue weighted by Gasteiger charge is 2.31. The Labute approximate surface area is 183 Å². The summed E-state index contributed by atoms with van der Waals surface area (Å²) in [6.45, 7) is 0. The SMILES string of the molecule is COc1ccc(C(=O)c2c(O)c(O)n(-c3ccc(OC)cc3)c2-c2ccccc2F)cc1. The summed E-state index contributed by atoms with van der Waals surface area (Å²) < 4.78 is 26.4. The molecule has 0 atom stereocenters. The van der Waals surface area contributed by atoms with Gasteiger partial charge in [0.2, 0.25) is 5.88 Å². The van der Waals surface area contributed by atoms with Crippen LogP contribution in [0.25, 0.3) is 16.9 Å². The van der Waals surface area contributed by atoms with Crippen molar-refractivity contribution in [2.45, 2.75) is 0 Å². The maximum Gasteiger partial charge on any atom is 0.240 e. The maximum atomic E-state index is 14.9. The minimum Gasteiger partial charge on any atom is -0.503 e. The molecule has 0 spiro atoms. The molecule has 0 bridgehead atoms. The van der Waals surface area contributed by atoms with E-state index in [1.807, 2.05) is 0 Å². The van der Waals surface area contributed by atoms with Crippen LogP contribution in [0.1, 0.15) is 15.9 Å². The van der Waals surface area contributed by atoms with Gasteiger partial charge in [-0.05, 0) is 60.7 Å². The van der Waals surface area contributed by atoms with Crippen molar-refractivity contribution in [3.05, 3.63) is 89.7 Å². The van der Waals surface area contributed by atoms with Gasteiger partial charge in [0.25, 0.3) is 0 Å². The lowest BCUT2D eigenvalue weighted by Gasteiger charge is -2.13. The van der Waals surface area contributed by atoms with E-state index in [1.54, 1.807) is 42.5 Å². The number of aromatic nitrogens is 1. The van der Waals surface area contributed by atoms with Crippen LogP contribution in [0.2, 0.25) is 0 Å². The first-order valence-electron chi connectivity index (χ1n) is 9.71. The van der Waals surface area contributed by atoms with E-state index in [1.165, 1.54) is 49.1 Å². The molecule has 3 aromatic carbocycles. The Balaban J connectivity index is 1.99. The summed E-state index contributed by atoms with van der Waals surface area (Å²) >= 11 is 0. The fraction of sp³-hybridized carbons (Fsp3) is 0.0800. The standard InChI is InChI=1S/C25H20FNO5/c1-31-17-11-7-15(8-12-17)23(28)21-22(19-5-3-4-6-20(19)26)27(25(30)24(21)29)16-9-13-18(32-2)14-10-16/h3-14,29-30H,1-2H3. The Bertz CT molecular complexity index is 1280. The second-order valence-corrected chi connectivity index (χ2v) is 6.97. The third kappa shape index (κ3) is 3.54. The van der Waals surface area contributed by atoms with Gasteiger partial charge in [0.15, 0.2) is 11.5 Å². The molecule has 0 aliphatic carbocycles. The molecule has 32 heavy (non-hydrogen) atoms.